The topological polar surface area (TPSA) is 174 Å². The molecule has 18 heteroatoms. The zero-order valence-corrected chi connectivity index (χ0v) is 42.7. The molecular formula is C50H60BBrN2O12S2. The lowest BCUT2D eigenvalue weighted by Crippen LogP contribution is -2.26. The van der Waals surface area contributed by atoms with Crippen molar-refractivity contribution in [3.05, 3.63) is 112 Å². The number of aromatic nitrogens is 2. The maximum absolute atomic E-state index is 13.6. The van der Waals surface area contributed by atoms with Crippen molar-refractivity contribution in [1.29, 1.82) is 0 Å². The molecule has 2 aromatic carbocycles. The molecule has 0 radical (unpaired) electrons. The highest BCUT2D eigenvalue weighted by Gasteiger charge is 2.33. The minimum atomic E-state index is -1.04. The molecule has 0 bridgehead atoms. The van der Waals surface area contributed by atoms with Crippen LogP contribution in [-0.4, -0.2) is 78.9 Å². The Bertz CT molecular complexity index is 2760. The van der Waals surface area contributed by atoms with Crippen molar-refractivity contribution in [2.75, 3.05) is 40.6 Å². The maximum Gasteiger partial charge on any atom is 0.454 e. The van der Waals surface area contributed by atoms with Gasteiger partial charge in [0.15, 0.2) is 0 Å². The normalized spacial score (nSPS) is 13.0. The smallest absolute Gasteiger partial charge is 0.454 e. The van der Waals surface area contributed by atoms with E-state index < -0.39 is 19.1 Å². The van der Waals surface area contributed by atoms with E-state index in [2.05, 4.69) is 28.9 Å². The number of hydrogen-bond acceptors (Lipinski definition) is 14. The van der Waals surface area contributed by atoms with Gasteiger partial charge >= 0.3 is 19.1 Å². The van der Waals surface area contributed by atoms with Crippen LogP contribution in [0.3, 0.4) is 0 Å². The van der Waals surface area contributed by atoms with Crippen LogP contribution in [0.5, 0.6) is 23.0 Å². The first-order valence-corrected chi connectivity index (χ1v) is 25.6. The summed E-state index contributed by atoms with van der Waals surface area (Å²) < 4.78 is 38.4. The van der Waals surface area contributed by atoms with Crippen LogP contribution in [0.15, 0.2) is 74.0 Å². The Morgan fingerprint density at radius 1 is 0.676 bits per heavy atom. The molecule has 4 heterocycles. The standard InChI is InChI=1S/C25H29NO5S.C22H24BrNO5S.C3H7BO2/c1-4-6-13-31-22-21(25(28)30-5-2)23-19(14-20(32-23)17-9-10-17)26(24(22)27)15-16-7-11-18(29-3)12-8-16;1-4-6-11-29-19-18(22(26)28-5-2)20-16(12-17(23)30-20)24(21(19)25)13-14-7-9-15(27-3)10-8-14;5-4(6)3-1-2-3/h7-8,11-12,14,17H,4-6,9-10,13,15H2,1-3H3;7-10,12H,4-6,11,13H2,1-3H3;3,5-6H,1-2H2. The van der Waals surface area contributed by atoms with E-state index in [1.54, 1.807) is 48.5 Å². The van der Waals surface area contributed by atoms with Crippen LogP contribution in [0.25, 0.3) is 20.4 Å². The second-order valence-electron chi connectivity index (χ2n) is 16.4. The number of ether oxygens (including phenoxy) is 6. The Balaban J connectivity index is 0.000000199. The number of unbranched alkanes of at least 4 members (excludes halogenated alkanes) is 2. The molecule has 68 heavy (non-hydrogen) atoms. The van der Waals surface area contributed by atoms with E-state index in [1.165, 1.54) is 16.2 Å². The largest absolute Gasteiger partial charge is 0.497 e. The number of benzene rings is 2. The molecule has 2 fully saturated rings. The van der Waals surface area contributed by atoms with Crippen molar-refractivity contribution in [3.63, 3.8) is 0 Å². The minimum absolute atomic E-state index is 0.0530. The molecule has 0 aliphatic heterocycles. The number of thiophene rings is 2. The predicted molar refractivity (Wildman–Crippen MR) is 272 cm³/mol. The molecule has 2 aliphatic rings. The van der Waals surface area contributed by atoms with Gasteiger partial charge in [-0.3, -0.25) is 18.7 Å². The van der Waals surface area contributed by atoms with Gasteiger partial charge in [-0.05, 0) is 115 Å². The Morgan fingerprint density at radius 2 is 1.12 bits per heavy atom. The number of methoxy groups -OCH3 is 2. The summed E-state index contributed by atoms with van der Waals surface area (Å²) in [7, 11) is 2.20. The molecular weight excluding hydrogens is 975 g/mol. The molecule has 2 saturated carbocycles. The van der Waals surface area contributed by atoms with E-state index >= 15 is 0 Å². The fourth-order valence-electron chi connectivity index (χ4n) is 7.18. The second-order valence-corrected chi connectivity index (χ2v) is 19.9. The zero-order chi connectivity index (χ0) is 48.9. The van der Waals surface area contributed by atoms with Gasteiger partial charge in [-0.2, -0.15) is 0 Å². The fourth-order valence-corrected chi connectivity index (χ4v) is 10.2. The van der Waals surface area contributed by atoms with E-state index in [1.807, 2.05) is 61.5 Å². The first kappa shape index (κ1) is 52.2. The van der Waals surface area contributed by atoms with E-state index in [0.717, 1.165) is 88.0 Å². The van der Waals surface area contributed by atoms with Gasteiger partial charge in [0, 0.05) is 4.88 Å². The van der Waals surface area contributed by atoms with Gasteiger partial charge in [0.05, 0.1) is 78.0 Å². The van der Waals surface area contributed by atoms with Crippen molar-refractivity contribution >= 4 is 78.1 Å². The third-order valence-electron chi connectivity index (χ3n) is 11.3. The molecule has 2 aliphatic carbocycles. The van der Waals surface area contributed by atoms with E-state index in [-0.39, 0.29) is 52.8 Å². The van der Waals surface area contributed by atoms with Crippen LogP contribution in [0.1, 0.15) is 122 Å². The van der Waals surface area contributed by atoms with E-state index in [4.69, 9.17) is 38.5 Å². The molecule has 4 aromatic heterocycles. The first-order chi connectivity index (χ1) is 32.9. The van der Waals surface area contributed by atoms with Gasteiger partial charge in [0.25, 0.3) is 11.1 Å². The summed E-state index contributed by atoms with van der Waals surface area (Å²) in [6.07, 6.45) is 7.72. The van der Waals surface area contributed by atoms with Crippen LogP contribution in [0.2, 0.25) is 5.82 Å². The summed E-state index contributed by atoms with van der Waals surface area (Å²) >= 11 is 6.45. The van der Waals surface area contributed by atoms with Gasteiger partial charge < -0.3 is 38.5 Å². The number of hydrogen-bond donors (Lipinski definition) is 2. The van der Waals surface area contributed by atoms with Crippen LogP contribution in [0, 0.1) is 0 Å². The van der Waals surface area contributed by atoms with E-state index in [9.17, 15) is 19.2 Å². The Hall–Kier alpha value is -5.14. The average molecular weight is 1040 g/mol. The second kappa shape index (κ2) is 24.9. The lowest BCUT2D eigenvalue weighted by Gasteiger charge is -2.16. The van der Waals surface area contributed by atoms with Crippen molar-refractivity contribution in [2.24, 2.45) is 0 Å². The summed E-state index contributed by atoms with van der Waals surface area (Å²) in [5.41, 5.74) is 3.17. The highest BCUT2D eigenvalue weighted by molar-refractivity contribution is 9.11. The molecule has 0 spiro atoms. The lowest BCUT2D eigenvalue weighted by atomic mass is 9.84. The number of carbonyl (C=O) groups is 2. The first-order valence-electron chi connectivity index (χ1n) is 23.1. The molecule has 8 rings (SSSR count). The van der Waals surface area contributed by atoms with Crippen molar-refractivity contribution in [1.82, 2.24) is 9.13 Å². The van der Waals surface area contributed by atoms with E-state index in [0.29, 0.717) is 42.4 Å². The predicted octanol–water partition coefficient (Wildman–Crippen LogP) is 10.2. The van der Waals surface area contributed by atoms with Gasteiger partial charge in [0.1, 0.15) is 22.6 Å². The fraction of sp³-hybridized carbons (Fsp3) is 0.440. The van der Waals surface area contributed by atoms with Crippen LogP contribution >= 0.6 is 38.6 Å². The number of esters is 2. The monoisotopic (exact) mass is 1030 g/mol. The molecule has 0 unspecified atom stereocenters. The number of nitrogens with zero attached hydrogens (tertiary/aromatic N) is 2. The maximum atomic E-state index is 13.6. The molecule has 2 N–H and O–H groups in total. The van der Waals surface area contributed by atoms with Gasteiger partial charge in [-0.25, -0.2) is 9.59 Å². The minimum Gasteiger partial charge on any atom is -0.497 e. The quantitative estimate of drug-likeness (QED) is 0.0422. The molecule has 0 amide bonds. The third-order valence-corrected chi connectivity index (χ3v) is 14.2. The molecule has 14 nitrogen and oxygen atoms in total. The Morgan fingerprint density at radius 3 is 1.49 bits per heavy atom. The highest BCUT2D eigenvalue weighted by atomic mass is 79.9. The molecule has 0 atom stereocenters. The van der Waals surface area contributed by atoms with Gasteiger partial charge in [0.2, 0.25) is 11.5 Å². The van der Waals surface area contributed by atoms with Crippen molar-refractivity contribution in [3.8, 4) is 23.0 Å². The number of rotatable bonds is 20. The number of carbonyl (C=O) groups excluding carboxylic acids is 2. The molecule has 364 valence electrons. The molecule has 6 aromatic rings. The SMILES string of the molecule is CCCCOc1c(C(=O)OCC)c2sc(Br)cc2n(Cc2ccc(OC)cc2)c1=O.CCCCOc1c(C(=O)OCC)c2sc(C3CC3)cc2n(Cc2ccc(OC)cc2)c1=O.OB(O)C1CC1. The zero-order valence-electron chi connectivity index (χ0n) is 39.5. The number of fused-ring (bicyclic) bond motifs is 2. The van der Waals surface area contributed by atoms with Crippen molar-refractivity contribution in [2.45, 2.75) is 104 Å². The highest BCUT2D eigenvalue weighted by Crippen LogP contribution is 2.46. The molecule has 0 saturated heterocycles. The summed E-state index contributed by atoms with van der Waals surface area (Å²) in [4.78, 5) is 54.0. The number of halogens is 1. The lowest BCUT2D eigenvalue weighted by molar-refractivity contribution is 0.0513. The number of pyridine rings is 2. The average Bonchev–Trinajstić information content (AvgIpc) is 4.28. The van der Waals surface area contributed by atoms with Gasteiger partial charge in [-0.15, -0.1) is 22.7 Å². The Labute approximate surface area is 413 Å². The van der Waals surface area contributed by atoms with Crippen LogP contribution < -0.4 is 30.1 Å². The summed E-state index contributed by atoms with van der Waals surface area (Å²) in [6, 6.07) is 19.1. The summed E-state index contributed by atoms with van der Waals surface area (Å²) in [5, 5.41) is 16.5. The van der Waals surface area contributed by atoms with Crippen LogP contribution in [-0.2, 0) is 22.6 Å². The van der Waals surface area contributed by atoms with Gasteiger partial charge in [-0.1, -0.05) is 63.8 Å². The summed E-state index contributed by atoms with van der Waals surface area (Å²) in [5.74, 6) is 1.34. The van der Waals surface area contributed by atoms with Crippen molar-refractivity contribution < 1.29 is 48.1 Å². The van der Waals surface area contributed by atoms with Crippen LogP contribution in [0.4, 0.5) is 0 Å². The Kier molecular flexibility index (Phi) is 19.2. The summed E-state index contributed by atoms with van der Waals surface area (Å²) in [6.45, 7) is 9.53. The third kappa shape index (κ3) is 13.1.